The molecular formula is C14H11ClFN3OS. The third kappa shape index (κ3) is 2.91. The van der Waals surface area contributed by atoms with Crippen LogP contribution in [-0.2, 0) is 0 Å². The Hall–Kier alpha value is -1.92. The van der Waals surface area contributed by atoms with Gasteiger partial charge in [-0.1, -0.05) is 11.6 Å². The Morgan fingerprint density at radius 2 is 2.19 bits per heavy atom. The molecule has 2 aromatic heterocycles. The fraction of sp³-hybridized carbons (Fsp3) is 0.143. The van der Waals surface area contributed by atoms with E-state index < -0.39 is 5.82 Å². The van der Waals surface area contributed by atoms with Gasteiger partial charge in [0.15, 0.2) is 0 Å². The highest BCUT2D eigenvalue weighted by Gasteiger charge is 2.11. The van der Waals surface area contributed by atoms with E-state index in [1.54, 1.807) is 6.07 Å². The molecule has 4 nitrogen and oxygen atoms in total. The normalized spacial score (nSPS) is 10.8. The van der Waals surface area contributed by atoms with Crippen LogP contribution < -0.4 is 10.1 Å². The summed E-state index contributed by atoms with van der Waals surface area (Å²) in [4.78, 5) is 9.51. The molecule has 0 saturated carbocycles. The molecule has 2 heterocycles. The quantitative estimate of drug-likeness (QED) is 0.755. The van der Waals surface area contributed by atoms with E-state index in [1.165, 1.54) is 23.5 Å². The van der Waals surface area contributed by atoms with Crippen LogP contribution in [-0.4, -0.2) is 16.5 Å². The van der Waals surface area contributed by atoms with Gasteiger partial charge in [0.25, 0.3) is 0 Å². The lowest BCUT2D eigenvalue weighted by atomic mass is 10.3. The third-order valence-corrected chi connectivity index (χ3v) is 3.84. The highest BCUT2D eigenvalue weighted by molar-refractivity contribution is 7.16. The number of fused-ring (bicyclic) bond motifs is 1. The van der Waals surface area contributed by atoms with Gasteiger partial charge in [-0.2, -0.15) is 4.98 Å². The molecule has 0 aliphatic rings. The zero-order chi connectivity index (χ0) is 14.8. The van der Waals surface area contributed by atoms with E-state index in [0.29, 0.717) is 24.1 Å². The zero-order valence-electron chi connectivity index (χ0n) is 11.1. The van der Waals surface area contributed by atoms with Gasteiger partial charge in [-0.3, -0.25) is 0 Å². The summed E-state index contributed by atoms with van der Waals surface area (Å²) >= 11 is 7.15. The van der Waals surface area contributed by atoms with Crippen molar-refractivity contribution in [2.24, 2.45) is 0 Å². The molecule has 1 aromatic carbocycles. The second-order valence-electron chi connectivity index (χ2n) is 4.20. The summed E-state index contributed by atoms with van der Waals surface area (Å²) in [7, 11) is 0. The number of anilines is 1. The van der Waals surface area contributed by atoms with Crippen LogP contribution in [0.3, 0.4) is 0 Å². The Bertz CT molecular complexity index is 793. The Labute approximate surface area is 129 Å². The van der Waals surface area contributed by atoms with Crippen molar-refractivity contribution in [1.82, 2.24) is 9.97 Å². The summed E-state index contributed by atoms with van der Waals surface area (Å²) < 4.78 is 19.2. The largest absolute Gasteiger partial charge is 0.438 e. The van der Waals surface area contributed by atoms with Crippen LogP contribution in [0.1, 0.15) is 6.92 Å². The molecule has 0 aliphatic carbocycles. The third-order valence-electron chi connectivity index (χ3n) is 2.73. The van der Waals surface area contributed by atoms with Crippen molar-refractivity contribution >= 4 is 39.1 Å². The van der Waals surface area contributed by atoms with Crippen LogP contribution in [0.2, 0.25) is 5.02 Å². The SMILES string of the molecule is CCNc1nc(Oc2ccc(Cl)c(F)c2)c2ccsc2n1. The average molecular weight is 324 g/mol. The first-order chi connectivity index (χ1) is 10.2. The molecule has 108 valence electrons. The maximum Gasteiger partial charge on any atom is 0.232 e. The van der Waals surface area contributed by atoms with Gasteiger partial charge in [-0.05, 0) is 30.5 Å². The maximum atomic E-state index is 13.5. The van der Waals surface area contributed by atoms with Crippen LogP contribution in [0.15, 0.2) is 29.6 Å². The zero-order valence-corrected chi connectivity index (χ0v) is 12.6. The van der Waals surface area contributed by atoms with Crippen molar-refractivity contribution in [3.63, 3.8) is 0 Å². The molecule has 0 atom stereocenters. The van der Waals surface area contributed by atoms with Gasteiger partial charge in [0, 0.05) is 12.6 Å². The van der Waals surface area contributed by atoms with E-state index in [1.807, 2.05) is 18.4 Å². The first-order valence-electron chi connectivity index (χ1n) is 6.29. The van der Waals surface area contributed by atoms with Gasteiger partial charge >= 0.3 is 0 Å². The number of benzene rings is 1. The minimum Gasteiger partial charge on any atom is -0.438 e. The van der Waals surface area contributed by atoms with E-state index in [4.69, 9.17) is 16.3 Å². The number of hydrogen-bond donors (Lipinski definition) is 1. The van der Waals surface area contributed by atoms with Crippen LogP contribution in [0.5, 0.6) is 11.6 Å². The fourth-order valence-corrected chi connectivity index (χ4v) is 2.67. The van der Waals surface area contributed by atoms with E-state index in [0.717, 1.165) is 10.2 Å². The van der Waals surface area contributed by atoms with Gasteiger partial charge < -0.3 is 10.1 Å². The molecule has 0 aliphatic heterocycles. The average Bonchev–Trinajstić information content (AvgIpc) is 2.92. The molecule has 0 spiro atoms. The summed E-state index contributed by atoms with van der Waals surface area (Å²) in [6.45, 7) is 2.66. The summed E-state index contributed by atoms with van der Waals surface area (Å²) in [5.74, 6) is 0.679. The Morgan fingerprint density at radius 3 is 2.95 bits per heavy atom. The molecule has 0 saturated heterocycles. The van der Waals surface area contributed by atoms with E-state index in [9.17, 15) is 4.39 Å². The molecule has 7 heteroatoms. The Morgan fingerprint density at radius 1 is 1.33 bits per heavy atom. The lowest BCUT2D eigenvalue weighted by Gasteiger charge is -2.08. The first kappa shape index (κ1) is 14.0. The molecule has 0 radical (unpaired) electrons. The maximum absolute atomic E-state index is 13.5. The number of hydrogen-bond acceptors (Lipinski definition) is 5. The predicted molar refractivity (Wildman–Crippen MR) is 83.1 cm³/mol. The van der Waals surface area contributed by atoms with Crippen LogP contribution in [0.25, 0.3) is 10.2 Å². The van der Waals surface area contributed by atoms with Crippen LogP contribution in [0, 0.1) is 5.82 Å². The molecule has 0 unspecified atom stereocenters. The molecule has 1 N–H and O–H groups in total. The summed E-state index contributed by atoms with van der Waals surface area (Å²) in [6.07, 6.45) is 0. The summed E-state index contributed by atoms with van der Waals surface area (Å²) in [6, 6.07) is 6.15. The molecular weight excluding hydrogens is 313 g/mol. The molecule has 21 heavy (non-hydrogen) atoms. The van der Waals surface area contributed by atoms with Crippen molar-refractivity contribution in [3.8, 4) is 11.6 Å². The number of rotatable bonds is 4. The van der Waals surface area contributed by atoms with Gasteiger partial charge in [0.2, 0.25) is 11.8 Å². The first-order valence-corrected chi connectivity index (χ1v) is 7.55. The molecule has 0 fully saturated rings. The van der Waals surface area contributed by atoms with Gasteiger partial charge in [-0.15, -0.1) is 11.3 Å². The fourth-order valence-electron chi connectivity index (χ4n) is 1.80. The number of ether oxygens (including phenoxy) is 1. The lowest BCUT2D eigenvalue weighted by Crippen LogP contribution is -2.03. The Balaban J connectivity index is 2.01. The molecule has 0 bridgehead atoms. The van der Waals surface area contributed by atoms with Crippen molar-refractivity contribution in [1.29, 1.82) is 0 Å². The van der Waals surface area contributed by atoms with Gasteiger partial charge in [-0.25, -0.2) is 9.37 Å². The van der Waals surface area contributed by atoms with E-state index >= 15 is 0 Å². The summed E-state index contributed by atoms with van der Waals surface area (Å²) in [5, 5.41) is 5.80. The Kier molecular flexibility index (Phi) is 3.90. The number of nitrogens with zero attached hydrogens (tertiary/aromatic N) is 2. The smallest absolute Gasteiger partial charge is 0.232 e. The molecule has 3 rings (SSSR count). The van der Waals surface area contributed by atoms with Gasteiger partial charge in [0.1, 0.15) is 16.4 Å². The standard InChI is InChI=1S/C14H11ClFN3OS/c1-2-17-14-18-12(9-5-6-21-13(9)19-14)20-8-3-4-10(15)11(16)7-8/h3-7H,2H2,1H3,(H,17,18,19). The topological polar surface area (TPSA) is 47.0 Å². The van der Waals surface area contributed by atoms with Crippen LogP contribution >= 0.6 is 22.9 Å². The van der Waals surface area contributed by atoms with Crippen molar-refractivity contribution in [2.45, 2.75) is 6.92 Å². The van der Waals surface area contributed by atoms with Crippen LogP contribution in [0.4, 0.5) is 10.3 Å². The molecule has 0 amide bonds. The number of halogens is 2. The lowest BCUT2D eigenvalue weighted by molar-refractivity contribution is 0.464. The minimum atomic E-state index is -0.531. The number of aromatic nitrogens is 2. The number of thiophene rings is 1. The number of nitrogens with one attached hydrogen (secondary N) is 1. The second-order valence-corrected chi connectivity index (χ2v) is 5.50. The van der Waals surface area contributed by atoms with Crippen molar-refractivity contribution in [2.75, 3.05) is 11.9 Å². The van der Waals surface area contributed by atoms with Crippen molar-refractivity contribution in [3.05, 3.63) is 40.5 Å². The highest BCUT2D eigenvalue weighted by Crippen LogP contribution is 2.32. The minimum absolute atomic E-state index is 0.0547. The highest BCUT2D eigenvalue weighted by atomic mass is 35.5. The molecule has 3 aromatic rings. The second kappa shape index (κ2) is 5.83. The summed E-state index contributed by atoms with van der Waals surface area (Å²) in [5.41, 5.74) is 0. The monoisotopic (exact) mass is 323 g/mol. The van der Waals surface area contributed by atoms with E-state index in [-0.39, 0.29) is 5.02 Å². The van der Waals surface area contributed by atoms with Gasteiger partial charge in [0.05, 0.1) is 10.4 Å². The predicted octanol–water partition coefficient (Wildman–Crippen LogP) is 4.71. The van der Waals surface area contributed by atoms with Crippen molar-refractivity contribution < 1.29 is 9.13 Å². The van der Waals surface area contributed by atoms with E-state index in [2.05, 4.69) is 15.3 Å².